The monoisotopic (exact) mass is 504 g/mol. The number of amides is 2. The molecular formula is C23H32N6O3S2. The van der Waals surface area contributed by atoms with Crippen LogP contribution < -0.4 is 10.6 Å². The van der Waals surface area contributed by atoms with Crippen LogP contribution in [0.2, 0.25) is 0 Å². The summed E-state index contributed by atoms with van der Waals surface area (Å²) in [6.45, 7) is 13.5. The minimum absolute atomic E-state index is 0.0845. The molecule has 2 aromatic heterocycles. The van der Waals surface area contributed by atoms with Gasteiger partial charge >= 0.3 is 6.09 Å². The van der Waals surface area contributed by atoms with Crippen LogP contribution in [0.1, 0.15) is 64.0 Å². The van der Waals surface area contributed by atoms with Crippen LogP contribution in [-0.4, -0.2) is 43.2 Å². The first-order chi connectivity index (χ1) is 16.0. The van der Waals surface area contributed by atoms with E-state index in [1.54, 1.807) is 4.52 Å². The summed E-state index contributed by atoms with van der Waals surface area (Å²) in [6, 6.07) is 5.50. The Balaban J connectivity index is 1.71. The molecule has 0 fully saturated rings. The van der Waals surface area contributed by atoms with Gasteiger partial charge in [0.05, 0.1) is 11.8 Å². The number of nitrogens with zero attached hydrogens (tertiary/aromatic N) is 4. The van der Waals surface area contributed by atoms with E-state index in [2.05, 4.69) is 25.9 Å². The Bertz CT molecular complexity index is 1170. The van der Waals surface area contributed by atoms with Crippen molar-refractivity contribution in [1.29, 1.82) is 0 Å². The molecule has 2 atom stereocenters. The van der Waals surface area contributed by atoms with E-state index >= 15 is 0 Å². The number of ether oxygens (including phenoxy) is 1. The summed E-state index contributed by atoms with van der Waals surface area (Å²) in [4.78, 5) is 25.5. The highest BCUT2D eigenvalue weighted by molar-refractivity contribution is 8.01. The van der Waals surface area contributed by atoms with Crippen molar-refractivity contribution in [1.82, 2.24) is 25.1 Å². The van der Waals surface area contributed by atoms with Gasteiger partial charge in [-0.2, -0.15) is 4.52 Å². The SMILES string of the molecule is CC[C@H](C)[C@H](NC(=O)OC(C)(C)C)c1nnc2sc(SCC(=O)Nc3ccc(C)cc3C)nn12. The Morgan fingerprint density at radius 3 is 2.62 bits per heavy atom. The van der Waals surface area contributed by atoms with Gasteiger partial charge in [-0.3, -0.25) is 4.79 Å². The van der Waals surface area contributed by atoms with Gasteiger partial charge in [-0.1, -0.05) is 61.1 Å². The Labute approximate surface area is 208 Å². The number of alkyl carbamates (subject to hydrolysis) is 1. The number of aryl methyl sites for hydroxylation is 2. The highest BCUT2D eigenvalue weighted by Crippen LogP contribution is 2.29. The molecule has 3 aromatic rings. The van der Waals surface area contributed by atoms with Crippen LogP contribution in [0, 0.1) is 19.8 Å². The molecular weight excluding hydrogens is 472 g/mol. The van der Waals surface area contributed by atoms with Gasteiger partial charge in [-0.05, 0) is 52.2 Å². The zero-order chi connectivity index (χ0) is 25.0. The van der Waals surface area contributed by atoms with Gasteiger partial charge in [0.25, 0.3) is 0 Å². The lowest BCUT2D eigenvalue weighted by atomic mass is 9.99. The molecule has 184 valence electrons. The molecule has 34 heavy (non-hydrogen) atoms. The molecule has 9 nitrogen and oxygen atoms in total. The van der Waals surface area contributed by atoms with Crippen LogP contribution in [0.3, 0.4) is 0 Å². The quantitative estimate of drug-likeness (QED) is 0.408. The van der Waals surface area contributed by atoms with Crippen LogP contribution in [-0.2, 0) is 9.53 Å². The third-order valence-corrected chi connectivity index (χ3v) is 7.17. The summed E-state index contributed by atoms with van der Waals surface area (Å²) in [5, 5.41) is 19.0. The number of anilines is 1. The van der Waals surface area contributed by atoms with E-state index in [1.165, 1.54) is 23.1 Å². The largest absolute Gasteiger partial charge is 0.444 e. The normalized spacial score (nSPS) is 13.5. The van der Waals surface area contributed by atoms with Crippen molar-refractivity contribution in [2.45, 2.75) is 70.9 Å². The van der Waals surface area contributed by atoms with Crippen molar-refractivity contribution < 1.29 is 14.3 Å². The van der Waals surface area contributed by atoms with E-state index < -0.39 is 17.7 Å². The number of nitrogens with one attached hydrogen (secondary N) is 2. The second-order valence-electron chi connectivity index (χ2n) is 9.29. The number of hydrogen-bond donors (Lipinski definition) is 2. The Kier molecular flexibility index (Phi) is 8.19. The van der Waals surface area contributed by atoms with Crippen molar-refractivity contribution in [3.05, 3.63) is 35.2 Å². The summed E-state index contributed by atoms with van der Waals surface area (Å²) in [5.74, 6) is 0.740. The van der Waals surface area contributed by atoms with Crippen molar-refractivity contribution >= 4 is 45.7 Å². The molecule has 2 N–H and O–H groups in total. The summed E-state index contributed by atoms with van der Waals surface area (Å²) in [6.07, 6.45) is 0.308. The van der Waals surface area contributed by atoms with E-state index in [9.17, 15) is 9.59 Å². The number of thioether (sulfide) groups is 1. The molecule has 2 heterocycles. The number of benzene rings is 1. The number of rotatable bonds is 8. The molecule has 11 heteroatoms. The molecule has 3 rings (SSSR count). The summed E-state index contributed by atoms with van der Waals surface area (Å²) in [7, 11) is 0. The highest BCUT2D eigenvalue weighted by atomic mass is 32.2. The lowest BCUT2D eigenvalue weighted by molar-refractivity contribution is -0.113. The Morgan fingerprint density at radius 2 is 1.97 bits per heavy atom. The first-order valence-electron chi connectivity index (χ1n) is 11.2. The average molecular weight is 505 g/mol. The topological polar surface area (TPSA) is 111 Å². The minimum atomic E-state index is -0.605. The second-order valence-corrected chi connectivity index (χ2v) is 11.5. The molecule has 0 bridgehead atoms. The van der Waals surface area contributed by atoms with Crippen molar-refractivity contribution in [3.8, 4) is 0 Å². The number of carbonyl (C=O) groups excluding carboxylic acids is 2. The molecule has 0 aliphatic heterocycles. The maximum absolute atomic E-state index is 12.5. The van der Waals surface area contributed by atoms with Gasteiger partial charge in [0.2, 0.25) is 10.9 Å². The summed E-state index contributed by atoms with van der Waals surface area (Å²) >= 11 is 2.69. The van der Waals surface area contributed by atoms with Crippen LogP contribution >= 0.6 is 23.1 Å². The molecule has 0 aliphatic rings. The van der Waals surface area contributed by atoms with E-state index in [0.29, 0.717) is 15.1 Å². The minimum Gasteiger partial charge on any atom is -0.444 e. The third-order valence-electron chi connectivity index (χ3n) is 5.14. The van der Waals surface area contributed by atoms with Crippen molar-refractivity contribution in [2.24, 2.45) is 5.92 Å². The van der Waals surface area contributed by atoms with E-state index in [-0.39, 0.29) is 17.6 Å². The zero-order valence-corrected chi connectivity index (χ0v) is 22.3. The van der Waals surface area contributed by atoms with Crippen LogP contribution in [0.5, 0.6) is 0 Å². The number of hydrogen-bond acceptors (Lipinski definition) is 8. The van der Waals surface area contributed by atoms with Crippen LogP contribution in [0.4, 0.5) is 10.5 Å². The maximum Gasteiger partial charge on any atom is 0.408 e. The van der Waals surface area contributed by atoms with Crippen LogP contribution in [0.15, 0.2) is 22.5 Å². The third kappa shape index (κ3) is 6.69. The first-order valence-corrected chi connectivity index (χ1v) is 13.0. The molecule has 0 unspecified atom stereocenters. The van der Waals surface area contributed by atoms with Gasteiger partial charge in [0.15, 0.2) is 10.2 Å². The average Bonchev–Trinajstić information content (AvgIpc) is 3.31. The molecule has 1 aromatic carbocycles. The lowest BCUT2D eigenvalue weighted by Gasteiger charge is -2.25. The van der Waals surface area contributed by atoms with Gasteiger partial charge in [0, 0.05) is 5.69 Å². The highest BCUT2D eigenvalue weighted by Gasteiger charge is 2.29. The maximum atomic E-state index is 12.5. The van der Waals surface area contributed by atoms with Gasteiger partial charge < -0.3 is 15.4 Å². The Morgan fingerprint density at radius 1 is 1.24 bits per heavy atom. The van der Waals surface area contributed by atoms with Gasteiger partial charge in [-0.15, -0.1) is 15.3 Å². The Hall–Kier alpha value is -2.66. The van der Waals surface area contributed by atoms with E-state index in [1.807, 2.05) is 66.7 Å². The van der Waals surface area contributed by atoms with Crippen molar-refractivity contribution in [3.63, 3.8) is 0 Å². The fourth-order valence-corrected chi connectivity index (χ4v) is 4.95. The molecule has 0 spiro atoms. The molecule has 0 radical (unpaired) electrons. The standard InChI is InChI=1S/C23H32N6O3S2/c1-8-14(3)18(25-21(31)32-23(5,6)7)19-26-27-20-29(19)28-22(34-20)33-12-17(30)24-16-10-9-13(2)11-15(16)4/h9-11,14,18H,8,12H2,1-7H3,(H,24,30)(H,25,31)/t14-,18-/m0/s1. The summed E-state index contributed by atoms with van der Waals surface area (Å²) in [5.41, 5.74) is 2.38. The van der Waals surface area contributed by atoms with Gasteiger partial charge in [-0.25, -0.2) is 4.79 Å². The number of aromatic nitrogens is 4. The van der Waals surface area contributed by atoms with Gasteiger partial charge in [0.1, 0.15) is 5.60 Å². The predicted molar refractivity (Wildman–Crippen MR) is 135 cm³/mol. The molecule has 0 aliphatic carbocycles. The fraction of sp³-hybridized carbons (Fsp3) is 0.522. The molecule has 0 saturated carbocycles. The molecule has 0 saturated heterocycles. The number of fused-ring (bicyclic) bond motifs is 1. The molecule has 2 amide bonds. The van der Waals surface area contributed by atoms with Crippen LogP contribution in [0.25, 0.3) is 4.96 Å². The first kappa shape index (κ1) is 26.0. The second kappa shape index (κ2) is 10.7. The zero-order valence-electron chi connectivity index (χ0n) is 20.6. The van der Waals surface area contributed by atoms with Crippen molar-refractivity contribution in [2.75, 3.05) is 11.1 Å². The fourth-order valence-electron chi connectivity index (χ4n) is 3.27. The lowest BCUT2D eigenvalue weighted by Crippen LogP contribution is -2.38. The number of carbonyl (C=O) groups is 2. The van der Waals surface area contributed by atoms with E-state index in [0.717, 1.165) is 23.2 Å². The predicted octanol–water partition coefficient (Wildman–Crippen LogP) is 5.15. The summed E-state index contributed by atoms with van der Waals surface area (Å²) < 4.78 is 7.77. The smallest absolute Gasteiger partial charge is 0.408 e. The van der Waals surface area contributed by atoms with E-state index in [4.69, 9.17) is 4.74 Å².